The molecule has 0 radical (unpaired) electrons. The normalized spacial score (nSPS) is 15.5. The lowest BCUT2D eigenvalue weighted by molar-refractivity contribution is 1.04. The van der Waals surface area contributed by atoms with Gasteiger partial charge in [-0.05, 0) is 12.5 Å². The van der Waals surface area contributed by atoms with Gasteiger partial charge in [-0.15, -0.1) is 11.6 Å². The van der Waals surface area contributed by atoms with Crippen LogP contribution in [-0.4, -0.2) is 44.9 Å². The van der Waals surface area contributed by atoms with Gasteiger partial charge >= 0.3 is 0 Å². The van der Waals surface area contributed by atoms with E-state index in [1.54, 1.807) is 0 Å². The zero-order valence-electron chi connectivity index (χ0n) is 7.99. The third-order valence-electron chi connectivity index (χ3n) is 1.60. The quantitative estimate of drug-likeness (QED) is 0.321. The molecular weight excluding hydrogens is 238 g/mol. The van der Waals surface area contributed by atoms with Gasteiger partial charge in [0.25, 0.3) is 0 Å². The summed E-state index contributed by atoms with van der Waals surface area (Å²) in [5.74, 6) is 0.813. The molecule has 0 aliphatic carbocycles. The smallest absolute Gasteiger partial charge is 0.171 e. The molecule has 0 spiro atoms. The standard InChI is InChI=1S/C4H20ClN3Si4/c1-10-7-12(4-2-3-5)8-11-6-9/h6-8,12H,2-4,10-11H2,1,9H3. The summed E-state index contributed by atoms with van der Waals surface area (Å²) in [5, 5.41) is 0. The SMILES string of the molecule is C[SiH2]N[SiH](CCCCl)N[SiH2]N[SiH3]. The van der Waals surface area contributed by atoms with Crippen molar-refractivity contribution in [1.29, 1.82) is 0 Å². The molecule has 0 aromatic carbocycles. The monoisotopic (exact) mass is 257 g/mol. The molecule has 0 amide bonds. The van der Waals surface area contributed by atoms with E-state index in [4.69, 9.17) is 11.6 Å². The molecule has 0 aromatic heterocycles. The van der Waals surface area contributed by atoms with Gasteiger partial charge in [0.2, 0.25) is 0 Å². The highest BCUT2D eigenvalue weighted by Gasteiger charge is 2.06. The Balaban J connectivity index is 3.40. The summed E-state index contributed by atoms with van der Waals surface area (Å²) in [5.41, 5.74) is 0. The zero-order valence-corrected chi connectivity index (χ0v) is 14.7. The first-order chi connectivity index (χ1) is 5.85. The summed E-state index contributed by atoms with van der Waals surface area (Å²) < 4.78 is 10.7. The van der Waals surface area contributed by atoms with Gasteiger partial charge in [-0.25, -0.2) is 0 Å². The second kappa shape index (κ2) is 10.1. The van der Waals surface area contributed by atoms with Crippen LogP contribution in [0.2, 0.25) is 12.6 Å². The minimum absolute atomic E-state index is 0.0225. The Bertz CT molecular complexity index is 90.4. The fourth-order valence-electron chi connectivity index (χ4n) is 1.03. The molecule has 12 heavy (non-hydrogen) atoms. The average Bonchev–Trinajstić information content (AvgIpc) is 2.10. The van der Waals surface area contributed by atoms with Crippen molar-refractivity contribution in [2.24, 2.45) is 0 Å². The van der Waals surface area contributed by atoms with Crippen LogP contribution < -0.4 is 13.9 Å². The predicted octanol–water partition coefficient (Wildman–Crippen LogP) is -2.98. The highest BCUT2D eigenvalue weighted by molar-refractivity contribution is 6.69. The Morgan fingerprint density at radius 1 is 1.50 bits per heavy atom. The molecule has 0 rings (SSSR count). The second-order valence-electron chi connectivity index (χ2n) is 2.68. The average molecular weight is 258 g/mol. The summed E-state index contributed by atoms with van der Waals surface area (Å²) >= 11 is 5.66. The fourth-order valence-corrected chi connectivity index (χ4v) is 11.2. The van der Waals surface area contributed by atoms with E-state index in [9.17, 15) is 0 Å². The van der Waals surface area contributed by atoms with Crippen molar-refractivity contribution in [3.05, 3.63) is 0 Å². The molecule has 1 atom stereocenters. The fraction of sp³-hybridized carbons (Fsp3) is 1.00. The van der Waals surface area contributed by atoms with Crippen molar-refractivity contribution >= 4 is 50.6 Å². The molecule has 74 valence electrons. The topological polar surface area (TPSA) is 36.1 Å². The van der Waals surface area contributed by atoms with Crippen LogP contribution in [0, 0.1) is 0 Å². The summed E-state index contributed by atoms with van der Waals surface area (Å²) in [7, 11) is 0.251. The van der Waals surface area contributed by atoms with Gasteiger partial charge in [-0.1, -0.05) is 6.55 Å². The van der Waals surface area contributed by atoms with Gasteiger partial charge in [-0.2, -0.15) is 0 Å². The van der Waals surface area contributed by atoms with Gasteiger partial charge in [0, 0.05) is 5.88 Å². The van der Waals surface area contributed by atoms with E-state index in [1.165, 1.54) is 12.5 Å². The molecule has 0 bridgehead atoms. The highest BCUT2D eigenvalue weighted by atomic mass is 35.5. The Morgan fingerprint density at radius 2 is 2.25 bits per heavy atom. The van der Waals surface area contributed by atoms with E-state index in [0.29, 0.717) is 0 Å². The Hall–Kier alpha value is 1.04. The Kier molecular flexibility index (Phi) is 11.0. The number of alkyl halides is 1. The van der Waals surface area contributed by atoms with Crippen molar-refractivity contribution in [1.82, 2.24) is 13.9 Å². The van der Waals surface area contributed by atoms with Crippen molar-refractivity contribution in [2.45, 2.75) is 19.0 Å². The van der Waals surface area contributed by atoms with E-state index < -0.39 is 9.12 Å². The van der Waals surface area contributed by atoms with Crippen LogP contribution >= 0.6 is 11.6 Å². The molecule has 8 heteroatoms. The maximum atomic E-state index is 5.66. The maximum absolute atomic E-state index is 5.66. The molecule has 3 N–H and O–H groups in total. The number of hydrogen-bond acceptors (Lipinski definition) is 3. The summed E-state index contributed by atoms with van der Waals surface area (Å²) in [6, 6.07) is 1.31. The van der Waals surface area contributed by atoms with Gasteiger partial charge < -0.3 is 13.9 Å². The first-order valence-corrected chi connectivity index (χ1v) is 11.6. The van der Waals surface area contributed by atoms with E-state index in [-0.39, 0.29) is 19.5 Å². The highest BCUT2D eigenvalue weighted by Crippen LogP contribution is 1.93. The minimum Gasteiger partial charge on any atom is -0.360 e. The Morgan fingerprint density at radius 3 is 2.75 bits per heavy atom. The molecule has 0 saturated heterocycles. The first kappa shape index (κ1) is 13.0. The van der Waals surface area contributed by atoms with Crippen LogP contribution in [0.5, 0.6) is 0 Å². The van der Waals surface area contributed by atoms with E-state index in [0.717, 1.165) is 16.3 Å². The van der Waals surface area contributed by atoms with Crippen LogP contribution in [0.4, 0.5) is 0 Å². The number of nitrogens with one attached hydrogen (secondary N) is 3. The lowest BCUT2D eigenvalue weighted by atomic mass is 10.6. The minimum atomic E-state index is -0.770. The molecule has 0 aliphatic rings. The number of rotatable bonds is 8. The van der Waals surface area contributed by atoms with Crippen LogP contribution in [-0.2, 0) is 0 Å². The van der Waals surface area contributed by atoms with E-state index >= 15 is 0 Å². The zero-order chi connectivity index (χ0) is 9.23. The Labute approximate surface area is 89.6 Å². The molecule has 0 saturated carbocycles. The first-order valence-electron chi connectivity index (χ1n) is 4.52. The van der Waals surface area contributed by atoms with Crippen LogP contribution in [0.3, 0.4) is 0 Å². The van der Waals surface area contributed by atoms with Crippen molar-refractivity contribution < 1.29 is 0 Å². The third kappa shape index (κ3) is 7.67. The molecule has 0 aromatic rings. The third-order valence-corrected chi connectivity index (χ3v) is 10.7. The molecule has 1 unspecified atom stereocenters. The number of hydrogen-bond donors (Lipinski definition) is 3. The van der Waals surface area contributed by atoms with Crippen LogP contribution in [0.25, 0.3) is 0 Å². The van der Waals surface area contributed by atoms with E-state index in [1.807, 2.05) is 0 Å². The molecular formula is C4H20ClN3Si4. The number of halogens is 1. The lowest BCUT2D eigenvalue weighted by Crippen LogP contribution is -2.52. The predicted molar refractivity (Wildman–Crippen MR) is 69.6 cm³/mol. The van der Waals surface area contributed by atoms with Crippen LogP contribution in [0.15, 0.2) is 0 Å². The summed E-state index contributed by atoms with van der Waals surface area (Å²) in [6.45, 7) is 2.30. The summed E-state index contributed by atoms with van der Waals surface area (Å²) in [4.78, 5) is 0. The van der Waals surface area contributed by atoms with Gasteiger partial charge in [-0.3, -0.25) is 0 Å². The molecule has 0 fully saturated rings. The maximum Gasteiger partial charge on any atom is 0.171 e. The van der Waals surface area contributed by atoms with Crippen LogP contribution in [0.1, 0.15) is 6.42 Å². The summed E-state index contributed by atoms with van der Waals surface area (Å²) in [6.07, 6.45) is 1.17. The lowest BCUT2D eigenvalue weighted by Gasteiger charge is -2.16. The van der Waals surface area contributed by atoms with Crippen molar-refractivity contribution in [3.63, 3.8) is 0 Å². The molecule has 0 aliphatic heterocycles. The molecule has 0 heterocycles. The van der Waals surface area contributed by atoms with Gasteiger partial charge in [0.1, 0.15) is 0 Å². The van der Waals surface area contributed by atoms with Gasteiger partial charge in [0.05, 0.1) is 20.1 Å². The second-order valence-corrected chi connectivity index (χ2v) is 11.9. The van der Waals surface area contributed by atoms with Gasteiger partial charge in [0.15, 0.2) is 19.0 Å². The van der Waals surface area contributed by atoms with Crippen molar-refractivity contribution in [3.8, 4) is 0 Å². The molecule has 3 nitrogen and oxygen atoms in total. The van der Waals surface area contributed by atoms with Crippen molar-refractivity contribution in [2.75, 3.05) is 5.88 Å². The largest absolute Gasteiger partial charge is 0.360 e. The van der Waals surface area contributed by atoms with E-state index in [2.05, 4.69) is 20.5 Å².